The number of nitrogens with zero attached hydrogens (tertiary/aromatic N) is 4. The van der Waals surface area contributed by atoms with E-state index in [1.165, 1.54) is 22.8 Å². The molecular formula is C49H50N5O7PS2. The average molecular weight is 916 g/mol. The molecule has 5 aromatic carbocycles. The molecule has 15 heteroatoms. The Morgan fingerprint density at radius 2 is 1.30 bits per heavy atom. The second-order valence-corrected chi connectivity index (χ2v) is 23.1. The third-order valence-electron chi connectivity index (χ3n) is 11.3. The lowest BCUT2D eigenvalue weighted by Gasteiger charge is -2.36. The number of hydrogen-bond acceptors (Lipinski definition) is 12. The fourth-order valence-corrected chi connectivity index (χ4v) is 14.8. The monoisotopic (exact) mass is 915 g/mol. The Balaban J connectivity index is 0.900. The molecule has 64 heavy (non-hydrogen) atoms. The molecule has 2 saturated heterocycles. The highest BCUT2D eigenvalue weighted by molar-refractivity contribution is 8.89. The quantitative estimate of drug-likeness (QED) is 0.0501. The van der Waals surface area contributed by atoms with Crippen LogP contribution in [0.15, 0.2) is 168 Å². The second kappa shape index (κ2) is 19.2. The summed E-state index contributed by atoms with van der Waals surface area (Å²) < 4.78 is 56.5. The third kappa shape index (κ3) is 9.38. The summed E-state index contributed by atoms with van der Waals surface area (Å²) in [5, 5.41) is 9.20. The third-order valence-corrected chi connectivity index (χ3v) is 17.7. The normalized spacial score (nSPS) is 19.5. The van der Waals surface area contributed by atoms with Crippen LogP contribution in [0.25, 0.3) is 11.2 Å². The lowest BCUT2D eigenvalue weighted by atomic mass is 9.80. The molecule has 330 valence electrons. The Labute approximate surface area is 380 Å². The maximum atomic E-state index is 14.6. The summed E-state index contributed by atoms with van der Waals surface area (Å²) in [6.07, 6.45) is 2.42. The number of methoxy groups -OCH3 is 1. The second-order valence-electron chi connectivity index (χ2n) is 16.0. The van der Waals surface area contributed by atoms with Crippen molar-refractivity contribution in [2.24, 2.45) is 0 Å². The van der Waals surface area contributed by atoms with Crippen LogP contribution in [-0.4, -0.2) is 63.5 Å². The molecule has 9 rings (SSSR count). The molecule has 7 aromatic rings. The van der Waals surface area contributed by atoms with Crippen molar-refractivity contribution >= 4 is 39.7 Å². The van der Waals surface area contributed by atoms with Gasteiger partial charge in [-0.15, -0.1) is 0 Å². The van der Waals surface area contributed by atoms with Gasteiger partial charge >= 0.3 is 5.77 Å². The lowest BCUT2D eigenvalue weighted by molar-refractivity contribution is -0.198. The van der Waals surface area contributed by atoms with Gasteiger partial charge in [-0.1, -0.05) is 109 Å². The van der Waals surface area contributed by atoms with Gasteiger partial charge in [-0.05, 0) is 103 Å². The minimum absolute atomic E-state index is 0.000563. The zero-order valence-corrected chi connectivity index (χ0v) is 38.3. The van der Waals surface area contributed by atoms with Crippen LogP contribution in [0.3, 0.4) is 0 Å². The zero-order chi connectivity index (χ0) is 44.2. The van der Waals surface area contributed by atoms with Crippen LogP contribution in [0, 0.1) is 5.41 Å². The Bertz CT molecular complexity index is 2660. The fraction of sp³-hybridized carbons (Fsp3) is 0.286. The first-order chi connectivity index (χ1) is 31.1. The average Bonchev–Trinajstić information content (AvgIpc) is 3.99. The van der Waals surface area contributed by atoms with Crippen LogP contribution >= 0.6 is 28.5 Å². The number of unbranched alkanes of at least 4 members (excludes halogenated alkanes) is 1. The minimum Gasteiger partial charge on any atom is -0.497 e. The molecule has 2 fully saturated rings. The van der Waals surface area contributed by atoms with Crippen LogP contribution in [-0.2, 0) is 40.2 Å². The Hall–Kier alpha value is -5.02. The maximum absolute atomic E-state index is 14.6. The van der Waals surface area contributed by atoms with Crippen LogP contribution in [0.2, 0.25) is 0 Å². The van der Waals surface area contributed by atoms with Crippen LogP contribution in [0.1, 0.15) is 49.6 Å². The Morgan fingerprint density at radius 1 is 0.734 bits per heavy atom. The van der Waals surface area contributed by atoms with Crippen molar-refractivity contribution in [3.05, 3.63) is 180 Å². The number of aryl methyl sites for hydroxylation is 1. The van der Waals surface area contributed by atoms with Gasteiger partial charge in [0.2, 0.25) is 0 Å². The van der Waals surface area contributed by atoms with Gasteiger partial charge in [0.1, 0.15) is 35.2 Å². The lowest BCUT2D eigenvalue weighted by Crippen LogP contribution is -2.33. The molecule has 0 radical (unpaired) electrons. The number of fused-ring (bicyclic) bond motifs is 2. The molecule has 4 heterocycles. The van der Waals surface area contributed by atoms with Gasteiger partial charge in [0.25, 0.3) is 0 Å². The van der Waals surface area contributed by atoms with E-state index in [4.69, 9.17) is 33.2 Å². The summed E-state index contributed by atoms with van der Waals surface area (Å²) >= 11 is 2.43. The smallest absolute Gasteiger partial charge is 0.322 e. The van der Waals surface area contributed by atoms with Gasteiger partial charge in [-0.2, -0.15) is 0 Å². The number of aromatic nitrogens is 4. The molecule has 0 aliphatic carbocycles. The van der Waals surface area contributed by atoms with E-state index in [2.05, 4.69) is 41.4 Å². The molecule has 2 aliphatic heterocycles. The summed E-state index contributed by atoms with van der Waals surface area (Å²) in [6.45, 7) is 4.74. The number of imidazole rings is 1. The first-order valence-corrected chi connectivity index (χ1v) is 25.7. The van der Waals surface area contributed by atoms with E-state index in [0.717, 1.165) is 45.1 Å². The topological polar surface area (TPSA) is 132 Å². The van der Waals surface area contributed by atoms with E-state index in [0.29, 0.717) is 24.3 Å². The fourth-order valence-electron chi connectivity index (χ4n) is 8.33. The molecular weight excluding hydrogens is 866 g/mol. The summed E-state index contributed by atoms with van der Waals surface area (Å²) in [5.41, 5.74) is 3.36. The first kappa shape index (κ1) is 44.2. The molecule has 0 spiro atoms. The van der Waals surface area contributed by atoms with E-state index < -0.39 is 41.7 Å². The molecule has 12 nitrogen and oxygen atoms in total. The number of nitrogens with one attached hydrogen (secondary N) is 1. The Morgan fingerprint density at radius 3 is 1.89 bits per heavy atom. The van der Waals surface area contributed by atoms with Crippen molar-refractivity contribution < 1.29 is 32.8 Å². The van der Waals surface area contributed by atoms with Crippen molar-refractivity contribution in [3.8, 4) is 5.75 Å². The molecule has 2 aliphatic rings. The minimum atomic E-state index is -3.40. The standard InChI is InChI=1S/C49H50N5O7PS2/c1-48(2)60-43-41(32-58-62(55,63-39-22-12-6-13-23-39)64-40-24-14-7-15-25-40)59-47(44(43)61-48)54-34-51-42-45(50)53(33-52-46(42)54)30-16-17-31-57-49(35-18-8-4-9-19-35,36-20-10-5-11-21-36)37-26-28-38(56-3)29-27-37/h4-15,18-29,33-34,41,43-44,47,50H,16-17,30-32H2,1-3H3/t41-,43-,44-,47-/m1/s1. The number of benzene rings is 5. The molecule has 0 saturated carbocycles. The molecule has 4 atom stereocenters. The zero-order valence-electron chi connectivity index (χ0n) is 35.8. The highest BCUT2D eigenvalue weighted by atomic mass is 33.1. The number of ether oxygens (including phenoxy) is 5. The first-order valence-electron chi connectivity index (χ1n) is 21.3. The Kier molecular flexibility index (Phi) is 13.3. The maximum Gasteiger partial charge on any atom is 0.322 e. The molecule has 2 aromatic heterocycles. The van der Waals surface area contributed by atoms with Crippen molar-refractivity contribution in [2.75, 3.05) is 20.3 Å². The van der Waals surface area contributed by atoms with Gasteiger partial charge in [0, 0.05) is 22.9 Å². The van der Waals surface area contributed by atoms with Crippen molar-refractivity contribution in [2.45, 2.75) is 79.0 Å². The summed E-state index contributed by atoms with van der Waals surface area (Å²) in [4.78, 5) is 11.2. The van der Waals surface area contributed by atoms with Crippen LogP contribution in [0.5, 0.6) is 5.75 Å². The SMILES string of the molecule is COc1ccc(C(OCCCCn2cnc3c(ncn3[C@@H]3O[C@H](COP(=O)(Sc4ccccc4)Sc4ccccc4)[C@H]4OC(C)(C)O[C@H]43)c2=N)(c2ccccc2)c2ccccc2)cc1. The van der Waals surface area contributed by atoms with E-state index in [-0.39, 0.29) is 12.1 Å². The number of rotatable bonds is 18. The van der Waals surface area contributed by atoms with Crippen molar-refractivity contribution in [3.63, 3.8) is 0 Å². The molecule has 0 amide bonds. The van der Waals surface area contributed by atoms with E-state index in [1.54, 1.807) is 24.3 Å². The van der Waals surface area contributed by atoms with Crippen molar-refractivity contribution in [1.82, 2.24) is 19.1 Å². The summed E-state index contributed by atoms with van der Waals surface area (Å²) in [5.74, 6) is -3.52. The summed E-state index contributed by atoms with van der Waals surface area (Å²) in [6, 6.07) is 47.8. The highest BCUT2D eigenvalue weighted by Gasteiger charge is 2.56. The van der Waals surface area contributed by atoms with E-state index in [9.17, 15) is 9.97 Å². The van der Waals surface area contributed by atoms with E-state index in [1.807, 2.05) is 128 Å². The van der Waals surface area contributed by atoms with Crippen molar-refractivity contribution in [1.29, 1.82) is 5.41 Å². The van der Waals surface area contributed by atoms with E-state index >= 15 is 0 Å². The number of hydrogen-bond donors (Lipinski definition) is 1. The predicted molar refractivity (Wildman–Crippen MR) is 248 cm³/mol. The van der Waals surface area contributed by atoms with Crippen LogP contribution in [0.4, 0.5) is 0 Å². The van der Waals surface area contributed by atoms with Gasteiger partial charge in [0.15, 0.2) is 23.1 Å². The van der Waals surface area contributed by atoms with Crippen LogP contribution < -0.4 is 10.2 Å². The summed E-state index contributed by atoms with van der Waals surface area (Å²) in [7, 11) is 1.67. The van der Waals surface area contributed by atoms with Gasteiger partial charge in [-0.25, -0.2) is 9.97 Å². The molecule has 0 unspecified atom stereocenters. The molecule has 1 N–H and O–H groups in total. The van der Waals surface area contributed by atoms with Gasteiger partial charge in [-0.3, -0.25) is 14.5 Å². The van der Waals surface area contributed by atoms with Gasteiger partial charge in [0.05, 0.1) is 26.4 Å². The predicted octanol–water partition coefficient (Wildman–Crippen LogP) is 10.6. The molecule has 0 bridgehead atoms. The largest absolute Gasteiger partial charge is 0.497 e. The van der Waals surface area contributed by atoms with Gasteiger partial charge < -0.3 is 32.8 Å². The highest BCUT2D eigenvalue weighted by Crippen LogP contribution is 2.74.